The van der Waals surface area contributed by atoms with E-state index in [1.165, 1.54) is 6.21 Å². The van der Waals surface area contributed by atoms with Crippen molar-refractivity contribution in [2.75, 3.05) is 11.9 Å². The average molecular weight is 323 g/mol. The van der Waals surface area contributed by atoms with Gasteiger partial charge in [-0.25, -0.2) is 9.97 Å². The second-order valence-electron chi connectivity index (χ2n) is 5.03. The molecule has 0 aliphatic carbocycles. The monoisotopic (exact) mass is 322 g/mol. The Balaban J connectivity index is 2.02. The van der Waals surface area contributed by atoms with Gasteiger partial charge in [0.1, 0.15) is 0 Å². The molecule has 23 heavy (non-hydrogen) atoms. The zero-order valence-corrected chi connectivity index (χ0v) is 13.3. The number of nitrogens with zero attached hydrogens (tertiary/aromatic N) is 3. The molecule has 0 bridgehead atoms. The van der Waals surface area contributed by atoms with E-state index < -0.39 is 0 Å². The van der Waals surface area contributed by atoms with Crippen molar-refractivity contribution in [1.29, 1.82) is 5.41 Å². The summed E-state index contributed by atoms with van der Waals surface area (Å²) in [5.74, 6) is 0.556. The molecule has 0 saturated carbocycles. The number of anilines is 1. The molecular weight excluding hydrogens is 308 g/mol. The summed E-state index contributed by atoms with van der Waals surface area (Å²) in [6.07, 6.45) is 3.14. The molecule has 0 amide bonds. The lowest BCUT2D eigenvalue weighted by Gasteiger charge is -2.16. The number of benzene rings is 2. The molecule has 0 radical (unpaired) electrons. The van der Waals surface area contributed by atoms with Crippen LogP contribution in [0.15, 0.2) is 60.8 Å². The Hall–Kier alpha value is -2.72. The smallest absolute Gasteiger partial charge is 0.172 e. The van der Waals surface area contributed by atoms with Crippen molar-refractivity contribution < 1.29 is 0 Å². The molecule has 114 valence electrons. The molecule has 0 aliphatic rings. The number of aromatic nitrogens is 2. The maximum atomic E-state index is 7.65. The first kappa shape index (κ1) is 15.2. The van der Waals surface area contributed by atoms with E-state index in [0.29, 0.717) is 11.0 Å². The van der Waals surface area contributed by atoms with Gasteiger partial charge in [0.25, 0.3) is 0 Å². The van der Waals surface area contributed by atoms with Gasteiger partial charge in [0.2, 0.25) is 0 Å². The molecule has 2 aromatic carbocycles. The summed E-state index contributed by atoms with van der Waals surface area (Å²) in [7, 11) is 1.84. The first-order chi connectivity index (χ1) is 11.2. The van der Waals surface area contributed by atoms with Crippen molar-refractivity contribution in [2.45, 2.75) is 0 Å². The van der Waals surface area contributed by atoms with Crippen LogP contribution >= 0.6 is 11.6 Å². The quantitative estimate of drug-likeness (QED) is 0.724. The van der Waals surface area contributed by atoms with Crippen LogP contribution in [0.4, 0.5) is 5.82 Å². The van der Waals surface area contributed by atoms with Gasteiger partial charge in [-0.05, 0) is 17.7 Å². The van der Waals surface area contributed by atoms with Gasteiger partial charge in [-0.3, -0.25) is 0 Å². The Kier molecular flexibility index (Phi) is 4.35. The molecular formula is C18H15ClN4. The summed E-state index contributed by atoms with van der Waals surface area (Å²) in [5, 5.41) is 7.98. The number of halogens is 1. The number of allylic oxidation sites excluding steroid dienone is 1. The van der Waals surface area contributed by atoms with Crippen LogP contribution in [-0.2, 0) is 0 Å². The van der Waals surface area contributed by atoms with Crippen molar-refractivity contribution in [3.63, 3.8) is 0 Å². The highest BCUT2D eigenvalue weighted by Crippen LogP contribution is 2.25. The molecule has 1 N–H and O–H groups in total. The van der Waals surface area contributed by atoms with Crippen LogP contribution < -0.4 is 4.90 Å². The highest BCUT2D eigenvalue weighted by Gasteiger charge is 2.11. The molecule has 3 rings (SSSR count). The maximum absolute atomic E-state index is 7.65. The molecule has 0 spiro atoms. The molecule has 0 aliphatic heterocycles. The third kappa shape index (κ3) is 3.22. The van der Waals surface area contributed by atoms with Gasteiger partial charge in [0, 0.05) is 25.0 Å². The van der Waals surface area contributed by atoms with Gasteiger partial charge in [-0.2, -0.15) is 0 Å². The van der Waals surface area contributed by atoms with E-state index in [1.54, 1.807) is 4.90 Å². The van der Waals surface area contributed by atoms with Gasteiger partial charge in [-0.1, -0.05) is 54.1 Å². The van der Waals surface area contributed by atoms with E-state index in [9.17, 15) is 0 Å². The Morgan fingerprint density at radius 2 is 1.61 bits per heavy atom. The number of rotatable bonds is 4. The lowest BCUT2D eigenvalue weighted by atomic mass is 10.1. The molecule has 3 aromatic rings. The largest absolute Gasteiger partial charge is 0.333 e. The SMILES string of the molecule is CN(/C=C(\C=N)c1ccccc1)c1nc2ccccc2nc1Cl. The molecule has 1 heterocycles. The second-order valence-corrected chi connectivity index (χ2v) is 5.39. The van der Waals surface area contributed by atoms with Crippen molar-refractivity contribution in [1.82, 2.24) is 9.97 Å². The fourth-order valence-corrected chi connectivity index (χ4v) is 2.56. The third-order valence-corrected chi connectivity index (χ3v) is 3.69. The highest BCUT2D eigenvalue weighted by atomic mass is 35.5. The van der Waals surface area contributed by atoms with Crippen LogP contribution in [0.3, 0.4) is 0 Å². The number of para-hydroxylation sites is 2. The van der Waals surface area contributed by atoms with E-state index in [2.05, 4.69) is 9.97 Å². The topological polar surface area (TPSA) is 52.9 Å². The molecule has 0 atom stereocenters. The van der Waals surface area contributed by atoms with Crippen molar-refractivity contribution >= 4 is 40.2 Å². The molecule has 0 unspecified atom stereocenters. The summed E-state index contributed by atoms with van der Waals surface area (Å²) >= 11 is 6.27. The van der Waals surface area contributed by atoms with Crippen LogP contribution in [0.5, 0.6) is 0 Å². The standard InChI is InChI=1S/C18H15ClN4/c1-23(12-14(11-20)13-7-3-2-4-8-13)18-17(19)21-15-9-5-6-10-16(15)22-18/h2-12,20H,1H3/b14-12+,20-11?. The average Bonchev–Trinajstić information content (AvgIpc) is 2.59. The van der Waals surface area contributed by atoms with Crippen molar-refractivity contribution in [3.05, 3.63) is 71.5 Å². The van der Waals surface area contributed by atoms with Crippen LogP contribution in [0.25, 0.3) is 16.6 Å². The number of hydrogen-bond acceptors (Lipinski definition) is 4. The lowest BCUT2D eigenvalue weighted by molar-refractivity contribution is 1.12. The minimum Gasteiger partial charge on any atom is -0.333 e. The maximum Gasteiger partial charge on any atom is 0.172 e. The second kappa shape index (κ2) is 6.58. The number of fused-ring (bicyclic) bond motifs is 1. The van der Waals surface area contributed by atoms with Gasteiger partial charge in [0.05, 0.1) is 11.0 Å². The zero-order valence-electron chi connectivity index (χ0n) is 12.6. The van der Waals surface area contributed by atoms with Gasteiger partial charge in [-0.15, -0.1) is 0 Å². The van der Waals surface area contributed by atoms with Crippen LogP contribution in [0, 0.1) is 5.41 Å². The number of hydrogen-bond donors (Lipinski definition) is 1. The van der Waals surface area contributed by atoms with Gasteiger partial charge >= 0.3 is 0 Å². The summed E-state index contributed by atoms with van der Waals surface area (Å²) in [5.41, 5.74) is 3.26. The fraction of sp³-hybridized carbons (Fsp3) is 0.0556. The molecule has 0 saturated heterocycles. The van der Waals surface area contributed by atoms with Crippen LogP contribution in [0.2, 0.25) is 5.15 Å². The molecule has 0 fully saturated rings. The van der Waals surface area contributed by atoms with Crippen molar-refractivity contribution in [3.8, 4) is 0 Å². The number of nitrogens with one attached hydrogen (secondary N) is 1. The van der Waals surface area contributed by atoms with E-state index >= 15 is 0 Å². The molecule has 1 aromatic heterocycles. The minimum atomic E-state index is 0.333. The van der Waals surface area contributed by atoms with Crippen LogP contribution in [0.1, 0.15) is 5.56 Å². The summed E-state index contributed by atoms with van der Waals surface area (Å²) in [4.78, 5) is 10.7. The normalized spacial score (nSPS) is 11.5. The predicted molar refractivity (Wildman–Crippen MR) is 96.2 cm³/mol. The van der Waals surface area contributed by atoms with E-state index in [4.69, 9.17) is 17.0 Å². The minimum absolute atomic E-state index is 0.333. The molecule has 4 nitrogen and oxygen atoms in total. The van der Waals surface area contributed by atoms with Crippen molar-refractivity contribution in [2.24, 2.45) is 0 Å². The Labute approximate surface area is 139 Å². The summed E-state index contributed by atoms with van der Waals surface area (Å²) in [6.45, 7) is 0. The summed E-state index contributed by atoms with van der Waals surface area (Å²) < 4.78 is 0. The van der Waals surface area contributed by atoms with Gasteiger partial charge in [0.15, 0.2) is 11.0 Å². The third-order valence-electron chi connectivity index (χ3n) is 3.44. The highest BCUT2D eigenvalue weighted by molar-refractivity contribution is 6.32. The predicted octanol–water partition coefficient (Wildman–Crippen LogP) is 4.41. The first-order valence-electron chi connectivity index (χ1n) is 7.12. The Morgan fingerprint density at radius 1 is 1.00 bits per heavy atom. The summed E-state index contributed by atoms with van der Waals surface area (Å²) in [6, 6.07) is 17.3. The van der Waals surface area contributed by atoms with E-state index in [0.717, 1.165) is 22.2 Å². The lowest BCUT2D eigenvalue weighted by Crippen LogP contribution is -2.12. The zero-order chi connectivity index (χ0) is 16.2. The fourth-order valence-electron chi connectivity index (χ4n) is 2.29. The van der Waals surface area contributed by atoms with E-state index in [-0.39, 0.29) is 0 Å². The van der Waals surface area contributed by atoms with Crippen LogP contribution in [-0.4, -0.2) is 23.2 Å². The Morgan fingerprint density at radius 3 is 2.26 bits per heavy atom. The van der Waals surface area contributed by atoms with E-state index in [1.807, 2.05) is 67.8 Å². The first-order valence-corrected chi connectivity index (χ1v) is 7.49. The van der Waals surface area contributed by atoms with Gasteiger partial charge < -0.3 is 10.3 Å². The molecule has 5 heteroatoms. The Bertz CT molecular complexity index is 875.